The van der Waals surface area contributed by atoms with Crippen LogP contribution in [0.15, 0.2) is 84.9 Å². The maximum atomic E-state index is 7.10. The van der Waals surface area contributed by atoms with Crippen molar-refractivity contribution in [3.05, 3.63) is 113 Å². The Morgan fingerprint density at radius 3 is 1.28 bits per heavy atom. The van der Waals surface area contributed by atoms with E-state index in [4.69, 9.17) is 13.6 Å². The molecule has 0 heterocycles. The molecule has 0 aliphatic heterocycles. The summed E-state index contributed by atoms with van der Waals surface area (Å²) in [5.74, 6) is 2.88. The van der Waals surface area contributed by atoms with Gasteiger partial charge in [-0.25, -0.2) is 0 Å². The quantitative estimate of drug-likeness (QED) is 0.141. The minimum Gasteiger partial charge on any atom is -0.408 e. The fraction of sp³-hybridized carbons (Fsp3) is 0.480. The van der Waals surface area contributed by atoms with Gasteiger partial charge in [-0.05, 0) is 108 Å². The maximum absolute atomic E-state index is 7.10. The van der Waals surface area contributed by atoms with Crippen LogP contribution < -0.4 is 13.6 Å². The molecule has 1 atom stereocenters. The molecular weight excluding hydrogens is 680 g/mol. The highest BCUT2D eigenvalue weighted by Gasteiger charge is 2.31. The van der Waals surface area contributed by atoms with Gasteiger partial charge in [0, 0.05) is 11.1 Å². The van der Waals surface area contributed by atoms with E-state index in [9.17, 15) is 0 Å². The molecule has 5 rings (SSSR count). The summed E-state index contributed by atoms with van der Waals surface area (Å²) in [6.07, 6.45) is 2.00. The second-order valence-corrected chi connectivity index (χ2v) is 21.6. The third kappa shape index (κ3) is 9.81. The highest BCUT2D eigenvalue weighted by molar-refractivity contribution is 7.43. The molecule has 0 radical (unpaired) electrons. The minimum absolute atomic E-state index is 0.0529. The summed E-state index contributed by atoms with van der Waals surface area (Å²) in [5.41, 5.74) is 5.94. The summed E-state index contributed by atoms with van der Waals surface area (Å²) >= 11 is 0. The van der Waals surface area contributed by atoms with E-state index in [1.165, 1.54) is 27.5 Å². The van der Waals surface area contributed by atoms with E-state index in [1.54, 1.807) is 0 Å². The highest BCUT2D eigenvalue weighted by Crippen LogP contribution is 2.50. The van der Waals surface area contributed by atoms with Gasteiger partial charge in [-0.1, -0.05) is 172 Å². The topological polar surface area (TPSA) is 27.7 Å². The van der Waals surface area contributed by atoms with Gasteiger partial charge in [-0.3, -0.25) is 0 Å². The molecule has 0 fully saturated rings. The van der Waals surface area contributed by atoms with Crippen molar-refractivity contribution < 1.29 is 13.6 Å². The van der Waals surface area contributed by atoms with Crippen LogP contribution in [0.1, 0.15) is 145 Å². The Hall–Kier alpha value is -3.55. The van der Waals surface area contributed by atoms with E-state index in [2.05, 4.69) is 196 Å². The molecule has 0 spiro atoms. The van der Waals surface area contributed by atoms with Crippen molar-refractivity contribution in [2.24, 2.45) is 11.3 Å². The molecule has 1 unspecified atom stereocenters. The third-order valence-electron chi connectivity index (χ3n) is 10.9. The van der Waals surface area contributed by atoms with Crippen molar-refractivity contribution in [1.29, 1.82) is 0 Å². The first kappa shape index (κ1) is 41.6. The molecule has 0 aliphatic rings. The molecule has 54 heavy (non-hydrogen) atoms. The van der Waals surface area contributed by atoms with E-state index in [1.807, 2.05) is 0 Å². The number of benzene rings is 5. The van der Waals surface area contributed by atoms with Crippen LogP contribution in [0.3, 0.4) is 0 Å². The van der Waals surface area contributed by atoms with E-state index < -0.39 is 8.60 Å². The molecule has 5 aromatic carbocycles. The van der Waals surface area contributed by atoms with Crippen LogP contribution in [0, 0.1) is 11.3 Å². The van der Waals surface area contributed by atoms with E-state index in [0.29, 0.717) is 5.92 Å². The normalized spacial score (nSPS) is 13.8. The summed E-state index contributed by atoms with van der Waals surface area (Å²) < 4.78 is 21.2. The molecule has 0 bridgehead atoms. The van der Waals surface area contributed by atoms with Crippen LogP contribution >= 0.6 is 8.60 Å². The van der Waals surface area contributed by atoms with Crippen molar-refractivity contribution in [1.82, 2.24) is 0 Å². The summed E-state index contributed by atoms with van der Waals surface area (Å²) in [6, 6.07) is 31.0. The molecular formula is C50H67O3P. The fourth-order valence-corrected chi connectivity index (χ4v) is 8.27. The van der Waals surface area contributed by atoms with Crippen molar-refractivity contribution in [2.45, 2.75) is 145 Å². The van der Waals surface area contributed by atoms with Crippen molar-refractivity contribution in [3.63, 3.8) is 0 Å². The Morgan fingerprint density at radius 2 is 0.889 bits per heavy atom. The van der Waals surface area contributed by atoms with Crippen molar-refractivity contribution in [3.8, 4) is 17.2 Å². The first-order valence-electron chi connectivity index (χ1n) is 19.9. The first-order valence-corrected chi connectivity index (χ1v) is 21.0. The predicted octanol–water partition coefficient (Wildman–Crippen LogP) is 15.6. The van der Waals surface area contributed by atoms with Crippen LogP contribution in [0.2, 0.25) is 0 Å². The zero-order chi connectivity index (χ0) is 40.0. The lowest BCUT2D eigenvalue weighted by atomic mass is 9.76. The molecule has 0 N–H and O–H groups in total. The summed E-state index contributed by atoms with van der Waals surface area (Å²) in [6.45, 7) is 36.4. The number of rotatable bonds is 9. The molecule has 0 amide bonds. The number of fused-ring (bicyclic) bond motifs is 2. The van der Waals surface area contributed by atoms with Gasteiger partial charge < -0.3 is 13.6 Å². The molecule has 0 saturated carbocycles. The molecule has 0 aliphatic carbocycles. The lowest BCUT2D eigenvalue weighted by Gasteiger charge is -2.31. The zero-order valence-electron chi connectivity index (χ0n) is 36.2. The predicted molar refractivity (Wildman–Crippen MR) is 235 cm³/mol. The van der Waals surface area contributed by atoms with Gasteiger partial charge >= 0.3 is 8.60 Å². The van der Waals surface area contributed by atoms with E-state index in [0.717, 1.165) is 52.0 Å². The molecule has 4 heteroatoms. The van der Waals surface area contributed by atoms with Crippen LogP contribution in [0.4, 0.5) is 0 Å². The summed E-state index contributed by atoms with van der Waals surface area (Å²) in [5, 5.41) is 4.69. The Morgan fingerprint density at radius 1 is 0.463 bits per heavy atom. The fourth-order valence-electron chi connectivity index (χ4n) is 7.20. The largest absolute Gasteiger partial charge is 0.530 e. The van der Waals surface area contributed by atoms with Gasteiger partial charge in [0.1, 0.15) is 17.2 Å². The molecule has 5 aromatic rings. The first-order chi connectivity index (χ1) is 24.8. The summed E-state index contributed by atoms with van der Waals surface area (Å²) in [4.78, 5) is 0. The van der Waals surface area contributed by atoms with Crippen molar-refractivity contribution in [2.75, 3.05) is 0 Å². The van der Waals surface area contributed by atoms with Gasteiger partial charge in [0.25, 0.3) is 0 Å². The van der Waals surface area contributed by atoms with E-state index >= 15 is 0 Å². The average Bonchev–Trinajstić information content (AvgIpc) is 3.04. The third-order valence-corrected chi connectivity index (χ3v) is 11.9. The molecule has 0 aromatic heterocycles. The standard InChI is InChI=1S/C50H67O3P/c1-17-38(46(2,3)4)26-35-20-18-19-21-43(35)51-54(52-44-31-33-22-24-39(47(5,6)7)27-36(33)29-41(44)49(11,12)13)53-45-32-34-23-25-40(48(8,9)10)28-37(34)30-42(45)50(14,15)16/h18-25,27-32,38H,17,26H2,1-16H3. The number of para-hydroxylation sites is 1. The summed E-state index contributed by atoms with van der Waals surface area (Å²) in [7, 11) is -1.95. The smallest absolute Gasteiger partial charge is 0.408 e. The van der Waals surface area contributed by atoms with Gasteiger partial charge in [0.2, 0.25) is 0 Å². The molecule has 290 valence electrons. The van der Waals surface area contributed by atoms with Crippen LogP contribution in [-0.2, 0) is 28.1 Å². The Kier molecular flexibility index (Phi) is 11.7. The Bertz CT molecular complexity index is 1970. The highest BCUT2D eigenvalue weighted by atomic mass is 31.2. The second kappa shape index (κ2) is 15.2. The SMILES string of the molecule is CCC(Cc1ccccc1OP(Oc1cc2ccc(C(C)(C)C)cc2cc1C(C)(C)C)Oc1cc2ccc(C(C)(C)C)cc2cc1C(C)(C)C)C(C)(C)C. The molecule has 0 saturated heterocycles. The number of hydrogen-bond acceptors (Lipinski definition) is 3. The second-order valence-electron chi connectivity index (χ2n) is 20.6. The maximum Gasteiger partial charge on any atom is 0.530 e. The van der Waals surface area contributed by atoms with Crippen LogP contribution in [0.25, 0.3) is 21.5 Å². The van der Waals surface area contributed by atoms with Gasteiger partial charge in [0.05, 0.1) is 0 Å². The van der Waals surface area contributed by atoms with Gasteiger partial charge in [-0.2, -0.15) is 0 Å². The van der Waals surface area contributed by atoms with Crippen molar-refractivity contribution >= 4 is 30.1 Å². The van der Waals surface area contributed by atoms with Crippen LogP contribution in [-0.4, -0.2) is 0 Å². The zero-order valence-corrected chi connectivity index (χ0v) is 37.1. The monoisotopic (exact) mass is 746 g/mol. The average molecular weight is 747 g/mol. The van der Waals surface area contributed by atoms with Crippen LogP contribution in [0.5, 0.6) is 17.2 Å². The van der Waals surface area contributed by atoms with Gasteiger partial charge in [-0.15, -0.1) is 0 Å². The van der Waals surface area contributed by atoms with E-state index in [-0.39, 0.29) is 27.1 Å². The Labute approximate surface area is 329 Å². The molecule has 3 nitrogen and oxygen atoms in total. The Balaban J connectivity index is 1.67. The minimum atomic E-state index is -1.95. The van der Waals surface area contributed by atoms with Gasteiger partial charge in [0.15, 0.2) is 0 Å². The lowest BCUT2D eigenvalue weighted by Crippen LogP contribution is -2.22. The number of hydrogen-bond donors (Lipinski definition) is 0. The lowest BCUT2D eigenvalue weighted by molar-refractivity contribution is 0.230.